The Hall–Kier alpha value is -5.12. The molecule has 6 heterocycles. The molecule has 3 aromatic heterocycles. The molecular weight excluding hydrogens is 902 g/mol. The third-order valence-corrected chi connectivity index (χ3v) is 10.8. The van der Waals surface area contributed by atoms with E-state index in [1.165, 1.54) is 35.1 Å². The van der Waals surface area contributed by atoms with E-state index in [4.69, 9.17) is 24.7 Å². The fourth-order valence-corrected chi connectivity index (χ4v) is 7.66. The van der Waals surface area contributed by atoms with E-state index < -0.39 is 0 Å². The molecule has 10 rings (SSSR count). The average molecular weight is 950 g/mol. The van der Waals surface area contributed by atoms with Gasteiger partial charge in [0.05, 0.1) is 22.8 Å². The van der Waals surface area contributed by atoms with Crippen molar-refractivity contribution in [1.82, 2.24) is 19.9 Å². The van der Waals surface area contributed by atoms with Crippen molar-refractivity contribution in [3.05, 3.63) is 166 Å². The van der Waals surface area contributed by atoms with Crippen LogP contribution in [0.2, 0.25) is 0 Å². The van der Waals surface area contributed by atoms with Crippen molar-refractivity contribution < 1.29 is 62.6 Å². The molecule has 1 fully saturated rings. The smallest absolute Gasteiger partial charge is 0.657 e. The molecule has 0 aliphatic carbocycles. The molecule has 307 valence electrons. The predicted octanol–water partition coefficient (Wildman–Crippen LogP) is 11.0. The first-order valence-electron chi connectivity index (χ1n) is 19.8. The number of fused-ring (bicyclic) bond motifs is 8. The van der Waals surface area contributed by atoms with Crippen LogP contribution in [0.4, 0.5) is 0 Å². The van der Waals surface area contributed by atoms with Crippen LogP contribution in [0.25, 0.3) is 90.9 Å². The van der Waals surface area contributed by atoms with E-state index in [2.05, 4.69) is 173 Å². The molecule has 7 aromatic rings. The number of ether oxygens (including phenoxy) is 1. The second kappa shape index (κ2) is 19.5. The van der Waals surface area contributed by atoms with Crippen LogP contribution in [-0.2, 0) is 4.74 Å². The molecule has 4 N–H and O–H groups in total. The zero-order chi connectivity index (χ0) is 38.9. The second-order valence-corrected chi connectivity index (χ2v) is 15.1. The molecule has 3 aliphatic rings. The Morgan fingerprint density at radius 3 is 0.800 bits per heavy atom. The summed E-state index contributed by atoms with van der Waals surface area (Å²) >= 11 is 0. The minimum Gasteiger partial charge on any atom is -0.657 e. The van der Waals surface area contributed by atoms with E-state index in [0.717, 1.165) is 103 Å². The quantitative estimate of drug-likeness (QED) is 0.174. The number of rotatable bonds is 4. The maximum atomic E-state index is 5.37. The van der Waals surface area contributed by atoms with Gasteiger partial charge in [-0.15, -0.1) is 22.1 Å². The summed E-state index contributed by atoms with van der Waals surface area (Å²) in [7, 11) is 0. The summed E-state index contributed by atoms with van der Waals surface area (Å²) < 4.78 is 4.94. The molecule has 0 saturated carbocycles. The van der Waals surface area contributed by atoms with Crippen LogP contribution < -0.4 is 9.97 Å². The number of aryl methyl sites for hydroxylation is 4. The van der Waals surface area contributed by atoms with Crippen molar-refractivity contribution in [2.75, 3.05) is 13.2 Å². The molecule has 8 heteroatoms. The Morgan fingerprint density at radius 1 is 0.367 bits per heavy atom. The predicted molar refractivity (Wildman–Crippen MR) is 245 cm³/mol. The topological polar surface area (TPSA) is 126 Å². The standard InChI is InChI=1S/C48H36N4.C4H8O.2H2O.Yb/c1-29-5-13-33(14-6-29)45-37-21-23-39(49-37)46(34-15-7-30(2)8-16-34)41-25-27-43(51-41)48(36-19-11-32(4)12-20-36)44-28-26-42(52-44)47(40-24-22-38(45)50-40)35-17-9-31(3)10-18-35;1-2-4-5-3-1;;;/h5-28H,1-4H3;1-4H2;2*1H2;/q-2;;;;+3. The zero-order valence-electron chi connectivity index (χ0n) is 34.1. The monoisotopic (exact) mass is 950 g/mol. The fraction of sp³-hybridized carbons (Fsp3) is 0.154. The maximum Gasteiger partial charge on any atom is 3.00 e. The molecule has 1 saturated heterocycles. The summed E-state index contributed by atoms with van der Waals surface area (Å²) in [5.74, 6) is 0. The van der Waals surface area contributed by atoms with Gasteiger partial charge in [0.15, 0.2) is 0 Å². The molecular formula is C52H48N4O3Yb+. The Balaban J connectivity index is 0.000000705. The molecule has 4 aromatic carbocycles. The molecule has 0 amide bonds. The molecule has 1 radical (unpaired) electrons. The molecule has 7 nitrogen and oxygen atoms in total. The van der Waals surface area contributed by atoms with Crippen molar-refractivity contribution >= 4 is 46.4 Å². The number of nitrogens with zero attached hydrogens (tertiary/aromatic N) is 4. The summed E-state index contributed by atoms with van der Waals surface area (Å²) in [6.07, 6.45) is 11.0. The van der Waals surface area contributed by atoms with Gasteiger partial charge in [-0.25, -0.2) is 9.97 Å². The molecule has 3 aliphatic heterocycles. The largest absolute Gasteiger partial charge is 3.00 e. The number of hydrogen-bond donors (Lipinski definition) is 0. The normalized spacial score (nSPS) is 12.5. The van der Waals surface area contributed by atoms with Gasteiger partial charge in [-0.2, -0.15) is 0 Å². The Labute approximate surface area is 390 Å². The second-order valence-electron chi connectivity index (χ2n) is 15.1. The van der Waals surface area contributed by atoms with Crippen LogP contribution in [0.3, 0.4) is 0 Å². The SMILES string of the molecule is C1CCOC1.Cc1ccc(-c2c3nc(c(-c4ccc(C)cc4)c4ccc([n-]4)c(-c4ccc(C)cc4)c4nc(c(-c5ccc(C)cc5)c5ccc2[n-]5)C=C4)C=C3)cc1.O.O.[Yb+3]. The summed E-state index contributed by atoms with van der Waals surface area (Å²) in [6.45, 7) is 10.4. The molecule has 8 bridgehead atoms. The van der Waals surface area contributed by atoms with Gasteiger partial charge in [0, 0.05) is 13.2 Å². The third-order valence-electron chi connectivity index (χ3n) is 10.8. The van der Waals surface area contributed by atoms with Crippen molar-refractivity contribution in [2.45, 2.75) is 40.5 Å². The molecule has 0 unspecified atom stereocenters. The molecule has 0 atom stereocenters. The fourth-order valence-electron chi connectivity index (χ4n) is 7.66. The van der Waals surface area contributed by atoms with Gasteiger partial charge in [0.1, 0.15) is 0 Å². The van der Waals surface area contributed by atoms with Crippen LogP contribution in [-0.4, -0.2) is 34.1 Å². The van der Waals surface area contributed by atoms with E-state index in [0.29, 0.717) is 0 Å². The van der Waals surface area contributed by atoms with Gasteiger partial charge in [-0.05, 0) is 109 Å². The van der Waals surface area contributed by atoms with E-state index in [1.54, 1.807) is 0 Å². The number of hydrogen-bond acceptors (Lipinski definition) is 3. The van der Waals surface area contributed by atoms with Gasteiger partial charge in [-0.3, -0.25) is 0 Å². The number of aromatic nitrogens is 4. The van der Waals surface area contributed by atoms with Gasteiger partial charge in [0.2, 0.25) is 0 Å². The summed E-state index contributed by atoms with van der Waals surface area (Å²) in [4.78, 5) is 21.5. The van der Waals surface area contributed by atoms with Gasteiger partial charge in [0.25, 0.3) is 0 Å². The van der Waals surface area contributed by atoms with Crippen LogP contribution >= 0.6 is 0 Å². The Kier molecular flexibility index (Phi) is 14.4. The van der Waals surface area contributed by atoms with Crippen molar-refractivity contribution in [3.63, 3.8) is 0 Å². The summed E-state index contributed by atoms with van der Waals surface area (Å²) in [5.41, 5.74) is 19.9. The van der Waals surface area contributed by atoms with Crippen LogP contribution in [0.5, 0.6) is 0 Å². The first kappa shape index (κ1) is 44.4. The third kappa shape index (κ3) is 9.27. The van der Waals surface area contributed by atoms with E-state index in [-0.39, 0.29) is 57.9 Å². The first-order valence-corrected chi connectivity index (χ1v) is 19.8. The Morgan fingerprint density at radius 2 is 0.600 bits per heavy atom. The van der Waals surface area contributed by atoms with E-state index >= 15 is 0 Å². The number of benzene rings is 4. The zero-order valence-corrected chi connectivity index (χ0v) is 35.9. The van der Waals surface area contributed by atoms with Gasteiger partial charge in [-0.1, -0.05) is 144 Å². The van der Waals surface area contributed by atoms with Crippen LogP contribution in [0, 0.1) is 74.6 Å². The first-order chi connectivity index (χ1) is 27.9. The van der Waals surface area contributed by atoms with Crippen LogP contribution in [0.1, 0.15) is 57.9 Å². The maximum absolute atomic E-state index is 5.37. The summed E-state index contributed by atoms with van der Waals surface area (Å²) in [6, 6.07) is 43.0. The van der Waals surface area contributed by atoms with Crippen molar-refractivity contribution in [3.8, 4) is 44.5 Å². The van der Waals surface area contributed by atoms with Gasteiger partial charge < -0.3 is 25.7 Å². The van der Waals surface area contributed by atoms with E-state index in [9.17, 15) is 0 Å². The minimum atomic E-state index is 0. The van der Waals surface area contributed by atoms with E-state index in [1.807, 2.05) is 0 Å². The van der Waals surface area contributed by atoms with Crippen molar-refractivity contribution in [2.24, 2.45) is 0 Å². The minimum absolute atomic E-state index is 0. The van der Waals surface area contributed by atoms with Gasteiger partial charge >= 0.3 is 46.9 Å². The molecule has 0 spiro atoms. The molecule has 60 heavy (non-hydrogen) atoms. The van der Waals surface area contributed by atoms with Crippen molar-refractivity contribution in [1.29, 1.82) is 0 Å². The van der Waals surface area contributed by atoms with Crippen LogP contribution in [0.15, 0.2) is 121 Å². The average Bonchev–Trinajstić information content (AvgIpc) is 4.08. The Bertz CT molecular complexity index is 2450. The summed E-state index contributed by atoms with van der Waals surface area (Å²) in [5, 5.41) is 0.